The molecule has 1 aromatic carbocycles. The molecule has 0 aliphatic heterocycles. The molecule has 2 atom stereocenters. The molecule has 0 spiro atoms. The molecule has 0 radical (unpaired) electrons. The molecule has 19 heavy (non-hydrogen) atoms. The Morgan fingerprint density at radius 1 is 1.47 bits per heavy atom. The Hall–Kier alpha value is -1.29. The van der Waals surface area contributed by atoms with E-state index in [9.17, 15) is 10.1 Å². The highest BCUT2D eigenvalue weighted by atomic mass is 35.5. The van der Waals surface area contributed by atoms with Crippen molar-refractivity contribution in [2.75, 3.05) is 11.9 Å². The Kier molecular flexibility index (Phi) is 4.64. The number of benzene rings is 1. The maximum atomic E-state index is 10.7. The van der Waals surface area contributed by atoms with E-state index in [0.717, 1.165) is 12.5 Å². The molecular weight excluding hydrogens is 264 g/mol. The van der Waals surface area contributed by atoms with E-state index in [0.29, 0.717) is 16.6 Å². The van der Waals surface area contributed by atoms with Crippen molar-refractivity contribution in [1.82, 2.24) is 0 Å². The van der Waals surface area contributed by atoms with Crippen molar-refractivity contribution in [1.29, 1.82) is 0 Å². The van der Waals surface area contributed by atoms with Crippen LogP contribution in [0, 0.1) is 22.0 Å². The smallest absolute Gasteiger partial charge is 0.271 e. The topological polar surface area (TPSA) is 55.2 Å². The maximum Gasteiger partial charge on any atom is 0.271 e. The van der Waals surface area contributed by atoms with Gasteiger partial charge in [0.05, 0.1) is 15.6 Å². The average Bonchev–Trinajstić information content (AvgIpc) is 2.37. The van der Waals surface area contributed by atoms with E-state index < -0.39 is 4.92 Å². The number of nitro groups is 1. The number of rotatable bonds is 4. The van der Waals surface area contributed by atoms with Crippen LogP contribution in [0.2, 0.25) is 5.02 Å². The third kappa shape index (κ3) is 3.83. The van der Waals surface area contributed by atoms with Crippen molar-refractivity contribution in [2.45, 2.75) is 32.6 Å². The molecule has 1 aliphatic carbocycles. The number of hydrogen-bond acceptors (Lipinski definition) is 3. The van der Waals surface area contributed by atoms with Crippen molar-refractivity contribution in [3.63, 3.8) is 0 Å². The zero-order valence-corrected chi connectivity index (χ0v) is 11.8. The van der Waals surface area contributed by atoms with Crippen LogP contribution in [0.5, 0.6) is 0 Å². The quantitative estimate of drug-likeness (QED) is 0.654. The third-order valence-corrected chi connectivity index (χ3v) is 4.12. The van der Waals surface area contributed by atoms with Gasteiger partial charge in [0.15, 0.2) is 0 Å². The van der Waals surface area contributed by atoms with Gasteiger partial charge in [0, 0.05) is 18.7 Å². The SMILES string of the molecule is CC1CCCC(CNc2cc([N+](=O)[O-])ccc2Cl)C1. The van der Waals surface area contributed by atoms with Crippen molar-refractivity contribution in [3.8, 4) is 0 Å². The van der Waals surface area contributed by atoms with Crippen molar-refractivity contribution >= 4 is 23.0 Å². The Morgan fingerprint density at radius 3 is 2.95 bits per heavy atom. The predicted molar refractivity (Wildman–Crippen MR) is 77.7 cm³/mol. The molecule has 0 bridgehead atoms. The van der Waals surface area contributed by atoms with E-state index in [1.165, 1.54) is 37.8 Å². The fourth-order valence-electron chi connectivity index (χ4n) is 2.76. The summed E-state index contributed by atoms with van der Waals surface area (Å²) in [5, 5.41) is 14.5. The fourth-order valence-corrected chi connectivity index (χ4v) is 2.95. The summed E-state index contributed by atoms with van der Waals surface area (Å²) in [4.78, 5) is 10.3. The van der Waals surface area contributed by atoms with Gasteiger partial charge < -0.3 is 5.32 Å². The van der Waals surface area contributed by atoms with Gasteiger partial charge in [-0.15, -0.1) is 0 Å². The predicted octanol–water partition coefficient (Wildman–Crippen LogP) is 4.49. The second-order valence-corrected chi connectivity index (χ2v) is 5.85. The molecule has 0 saturated heterocycles. The van der Waals surface area contributed by atoms with E-state index in [2.05, 4.69) is 12.2 Å². The molecule has 1 N–H and O–H groups in total. The van der Waals surface area contributed by atoms with Gasteiger partial charge >= 0.3 is 0 Å². The van der Waals surface area contributed by atoms with Crippen molar-refractivity contribution in [3.05, 3.63) is 33.3 Å². The lowest BCUT2D eigenvalue weighted by molar-refractivity contribution is -0.384. The minimum atomic E-state index is -0.399. The lowest BCUT2D eigenvalue weighted by Gasteiger charge is -2.27. The highest BCUT2D eigenvalue weighted by Crippen LogP contribution is 2.31. The summed E-state index contributed by atoms with van der Waals surface area (Å²) >= 11 is 6.06. The van der Waals surface area contributed by atoms with Crippen LogP contribution in [0.3, 0.4) is 0 Å². The lowest BCUT2D eigenvalue weighted by Crippen LogP contribution is -2.21. The van der Waals surface area contributed by atoms with Crippen LogP contribution in [0.15, 0.2) is 18.2 Å². The zero-order chi connectivity index (χ0) is 13.8. The minimum Gasteiger partial charge on any atom is -0.383 e. The van der Waals surface area contributed by atoms with Gasteiger partial charge in [0.2, 0.25) is 0 Å². The number of nitrogens with zero attached hydrogens (tertiary/aromatic N) is 1. The zero-order valence-electron chi connectivity index (χ0n) is 11.1. The number of non-ortho nitro benzene ring substituents is 1. The molecular formula is C14H19ClN2O2. The van der Waals surface area contributed by atoms with E-state index >= 15 is 0 Å². The number of nitrogens with one attached hydrogen (secondary N) is 1. The highest BCUT2D eigenvalue weighted by molar-refractivity contribution is 6.33. The maximum absolute atomic E-state index is 10.7. The highest BCUT2D eigenvalue weighted by Gasteiger charge is 2.19. The summed E-state index contributed by atoms with van der Waals surface area (Å²) < 4.78 is 0. The normalized spacial score (nSPS) is 23.1. The van der Waals surface area contributed by atoms with Crippen LogP contribution in [0.25, 0.3) is 0 Å². The van der Waals surface area contributed by atoms with Gasteiger partial charge in [0.25, 0.3) is 5.69 Å². The van der Waals surface area contributed by atoms with Gasteiger partial charge in [-0.25, -0.2) is 0 Å². The molecule has 1 aromatic rings. The molecule has 0 aromatic heterocycles. The van der Waals surface area contributed by atoms with Gasteiger partial charge in [-0.05, 0) is 30.7 Å². The van der Waals surface area contributed by atoms with Crippen LogP contribution in [0.1, 0.15) is 32.6 Å². The van der Waals surface area contributed by atoms with Gasteiger partial charge in [0.1, 0.15) is 0 Å². The van der Waals surface area contributed by atoms with Crippen LogP contribution in [-0.2, 0) is 0 Å². The summed E-state index contributed by atoms with van der Waals surface area (Å²) in [5.41, 5.74) is 0.734. The second kappa shape index (κ2) is 6.24. The molecule has 2 unspecified atom stereocenters. The number of anilines is 1. The summed E-state index contributed by atoms with van der Waals surface area (Å²) in [6, 6.07) is 4.51. The number of halogens is 1. The largest absolute Gasteiger partial charge is 0.383 e. The van der Waals surface area contributed by atoms with Crippen LogP contribution >= 0.6 is 11.6 Å². The molecule has 1 aliphatic rings. The van der Waals surface area contributed by atoms with Crippen molar-refractivity contribution in [2.24, 2.45) is 11.8 Å². The molecule has 0 heterocycles. The lowest BCUT2D eigenvalue weighted by atomic mass is 9.82. The first-order chi connectivity index (χ1) is 9.06. The molecule has 1 fully saturated rings. The Morgan fingerprint density at radius 2 is 2.26 bits per heavy atom. The summed E-state index contributed by atoms with van der Waals surface area (Å²) in [7, 11) is 0. The first kappa shape index (κ1) is 14.1. The van der Waals surface area contributed by atoms with E-state index in [-0.39, 0.29) is 5.69 Å². The minimum absolute atomic E-state index is 0.0731. The first-order valence-electron chi connectivity index (χ1n) is 6.74. The monoisotopic (exact) mass is 282 g/mol. The van der Waals surface area contributed by atoms with Crippen LogP contribution < -0.4 is 5.32 Å². The average molecular weight is 283 g/mol. The molecule has 4 nitrogen and oxygen atoms in total. The van der Waals surface area contributed by atoms with E-state index in [1.807, 2.05) is 0 Å². The van der Waals surface area contributed by atoms with Gasteiger partial charge in [-0.3, -0.25) is 10.1 Å². The number of nitro benzene ring substituents is 1. The van der Waals surface area contributed by atoms with E-state index in [4.69, 9.17) is 11.6 Å². The Bertz CT molecular complexity index is 465. The summed E-state index contributed by atoms with van der Waals surface area (Å²) in [6.45, 7) is 3.12. The molecule has 104 valence electrons. The Labute approximate surface area is 118 Å². The van der Waals surface area contributed by atoms with E-state index in [1.54, 1.807) is 6.07 Å². The molecule has 2 rings (SSSR count). The molecule has 1 saturated carbocycles. The number of hydrogen-bond donors (Lipinski definition) is 1. The first-order valence-corrected chi connectivity index (χ1v) is 7.12. The molecule has 5 heteroatoms. The summed E-state index contributed by atoms with van der Waals surface area (Å²) in [6.07, 6.45) is 5.04. The molecule has 0 amide bonds. The van der Waals surface area contributed by atoms with Crippen LogP contribution in [-0.4, -0.2) is 11.5 Å². The standard InChI is InChI=1S/C14H19ClN2O2/c1-10-3-2-4-11(7-10)9-16-14-8-12(17(18)19)5-6-13(14)15/h5-6,8,10-11,16H,2-4,7,9H2,1H3. The summed E-state index contributed by atoms with van der Waals surface area (Å²) in [5.74, 6) is 1.42. The second-order valence-electron chi connectivity index (χ2n) is 5.44. The van der Waals surface area contributed by atoms with Gasteiger partial charge in [-0.1, -0.05) is 31.4 Å². The third-order valence-electron chi connectivity index (χ3n) is 3.79. The van der Waals surface area contributed by atoms with Crippen LogP contribution in [0.4, 0.5) is 11.4 Å². The van der Waals surface area contributed by atoms with Crippen molar-refractivity contribution < 1.29 is 4.92 Å². The van der Waals surface area contributed by atoms with Gasteiger partial charge in [-0.2, -0.15) is 0 Å². The Balaban J connectivity index is 1.98. The fraction of sp³-hybridized carbons (Fsp3) is 0.571.